The number of H-pyrrole nitrogens is 1. The normalized spacial score (nSPS) is 9.00. The summed E-state index contributed by atoms with van der Waals surface area (Å²) in [4.78, 5) is 16.2. The minimum absolute atomic E-state index is 0.204. The second kappa shape index (κ2) is 1.92. The number of nitrogens with one attached hydrogen (secondary N) is 1. The Kier molecular flexibility index (Phi) is 1.26. The van der Waals surface area contributed by atoms with Gasteiger partial charge in [0.25, 0.3) is 0 Å². The van der Waals surface area contributed by atoms with Crippen LogP contribution in [0.3, 0.4) is 0 Å². The van der Waals surface area contributed by atoms with E-state index in [0.29, 0.717) is 0 Å². The van der Waals surface area contributed by atoms with Gasteiger partial charge in [0.2, 0.25) is 5.56 Å². The average Bonchev–Trinajstić information content (AvgIpc) is 1.64. The van der Waals surface area contributed by atoms with Gasteiger partial charge in [0.15, 0.2) is 0 Å². The first-order chi connectivity index (χ1) is 3.79. The highest BCUT2D eigenvalue weighted by molar-refractivity contribution is 7.58. The molecular weight excluding hydrogens is 124 g/mol. The van der Waals surface area contributed by atoms with Crippen LogP contribution < -0.4 is 5.56 Å². The van der Waals surface area contributed by atoms with Crippen molar-refractivity contribution < 1.29 is 0 Å². The lowest BCUT2D eigenvalue weighted by atomic mass is 10.7. The molecule has 42 valence electrons. The fraction of sp³-hybridized carbons (Fsp3) is 0. The second-order valence-corrected chi connectivity index (χ2v) is 1.63. The third kappa shape index (κ3) is 1.04. The van der Waals surface area contributed by atoms with E-state index in [1.807, 2.05) is 0 Å². The van der Waals surface area contributed by atoms with Gasteiger partial charge in [-0.15, -0.1) is 0 Å². The molecule has 0 fully saturated rings. The summed E-state index contributed by atoms with van der Waals surface area (Å²) in [6.45, 7) is 0. The third-order valence-electron chi connectivity index (χ3n) is 0.648. The maximum Gasteiger partial charge on any atom is 0.249 e. The molecule has 1 aromatic heterocycles. The van der Waals surface area contributed by atoms with Crippen LogP contribution in [0.15, 0.2) is 22.2 Å². The Morgan fingerprint density at radius 2 is 2.50 bits per heavy atom. The molecule has 8 heavy (non-hydrogen) atoms. The molecular formula is C4H3N2OS-. The maximum atomic E-state index is 10.3. The Balaban J connectivity index is 3.28. The van der Waals surface area contributed by atoms with Gasteiger partial charge < -0.3 is 17.6 Å². The highest BCUT2D eigenvalue weighted by Gasteiger charge is 1.74. The molecule has 0 amide bonds. The van der Waals surface area contributed by atoms with Crippen LogP contribution in [0.2, 0.25) is 0 Å². The van der Waals surface area contributed by atoms with E-state index in [1.165, 1.54) is 12.3 Å². The van der Waals surface area contributed by atoms with Crippen LogP contribution in [0, 0.1) is 0 Å². The lowest BCUT2D eigenvalue weighted by molar-refractivity contribution is 0.942. The number of hydrogen-bond donors (Lipinski definition) is 1. The van der Waals surface area contributed by atoms with Gasteiger partial charge in [0, 0.05) is 12.3 Å². The molecule has 0 atom stereocenters. The molecule has 0 spiro atoms. The lowest BCUT2D eigenvalue weighted by Crippen LogP contribution is -2.04. The Hall–Kier alpha value is -0.900. The Labute approximate surface area is 51.2 Å². The van der Waals surface area contributed by atoms with E-state index in [4.69, 9.17) is 0 Å². The molecule has 0 saturated carbocycles. The molecule has 1 N–H and O–H groups in total. The number of rotatable bonds is 0. The number of nitrogens with zero attached hydrogens (tertiary/aromatic N) is 1. The summed E-state index contributed by atoms with van der Waals surface area (Å²) in [5.74, 6) is 0. The number of aromatic nitrogens is 2. The standard InChI is InChI=1S/C4H4N2OS/c7-3-1-2-5-4(8)6-3/h1-2H,(H2,5,6,7,8)/p-1. The third-order valence-corrected chi connectivity index (χ3v) is 0.855. The SMILES string of the molecule is O=c1ccnc([S-])[nH]1. The summed E-state index contributed by atoms with van der Waals surface area (Å²) in [5, 5.41) is 0.234. The zero-order chi connectivity index (χ0) is 5.98. The highest BCUT2D eigenvalue weighted by atomic mass is 32.1. The fourth-order valence-corrected chi connectivity index (χ4v) is 0.513. The van der Waals surface area contributed by atoms with Crippen LogP contribution >= 0.6 is 0 Å². The molecule has 0 saturated heterocycles. The quantitative estimate of drug-likeness (QED) is 0.383. The first kappa shape index (κ1) is 5.24. The molecule has 1 heterocycles. The van der Waals surface area contributed by atoms with Crippen molar-refractivity contribution in [1.82, 2.24) is 9.97 Å². The zero-order valence-corrected chi connectivity index (χ0v) is 4.73. The first-order valence-corrected chi connectivity index (χ1v) is 2.42. The van der Waals surface area contributed by atoms with E-state index >= 15 is 0 Å². The molecule has 0 aliphatic rings. The molecule has 0 unspecified atom stereocenters. The maximum absolute atomic E-state index is 10.3. The minimum Gasteiger partial charge on any atom is -0.742 e. The first-order valence-electron chi connectivity index (χ1n) is 2.01. The van der Waals surface area contributed by atoms with Crippen molar-refractivity contribution in [1.29, 1.82) is 0 Å². The van der Waals surface area contributed by atoms with Gasteiger partial charge in [-0.2, -0.15) is 0 Å². The predicted molar refractivity (Wildman–Crippen MR) is 30.5 cm³/mol. The minimum atomic E-state index is -0.204. The number of aromatic amines is 1. The Bertz CT molecular complexity index is 231. The predicted octanol–water partition coefficient (Wildman–Crippen LogP) is -0.324. The molecule has 0 radical (unpaired) electrons. The van der Waals surface area contributed by atoms with Crippen LogP contribution in [-0.2, 0) is 12.6 Å². The summed E-state index contributed by atoms with van der Waals surface area (Å²) in [5.41, 5.74) is -0.204. The molecule has 0 aliphatic heterocycles. The summed E-state index contributed by atoms with van der Waals surface area (Å²) < 4.78 is 0. The summed E-state index contributed by atoms with van der Waals surface area (Å²) >= 11 is 4.53. The smallest absolute Gasteiger partial charge is 0.249 e. The van der Waals surface area contributed by atoms with Gasteiger partial charge in [-0.1, -0.05) is 0 Å². The van der Waals surface area contributed by atoms with Crippen molar-refractivity contribution in [2.45, 2.75) is 5.16 Å². The largest absolute Gasteiger partial charge is 0.742 e. The van der Waals surface area contributed by atoms with Gasteiger partial charge in [0.05, 0.1) is 0 Å². The Morgan fingerprint density at radius 1 is 1.75 bits per heavy atom. The molecule has 0 bridgehead atoms. The van der Waals surface area contributed by atoms with Crippen molar-refractivity contribution in [3.8, 4) is 0 Å². The van der Waals surface area contributed by atoms with Crippen molar-refractivity contribution in [3.05, 3.63) is 22.6 Å². The average molecular weight is 127 g/mol. The van der Waals surface area contributed by atoms with Crippen molar-refractivity contribution in [2.75, 3.05) is 0 Å². The summed E-state index contributed by atoms with van der Waals surface area (Å²) in [6.07, 6.45) is 1.38. The van der Waals surface area contributed by atoms with Crippen LogP contribution in [-0.4, -0.2) is 9.97 Å². The van der Waals surface area contributed by atoms with Crippen molar-refractivity contribution >= 4 is 12.6 Å². The van der Waals surface area contributed by atoms with Crippen LogP contribution in [0.5, 0.6) is 0 Å². The molecule has 0 aliphatic carbocycles. The summed E-state index contributed by atoms with van der Waals surface area (Å²) in [7, 11) is 0. The van der Waals surface area contributed by atoms with Crippen molar-refractivity contribution in [3.63, 3.8) is 0 Å². The summed E-state index contributed by atoms with van der Waals surface area (Å²) in [6, 6.07) is 1.32. The van der Waals surface area contributed by atoms with Crippen LogP contribution in [0.25, 0.3) is 0 Å². The van der Waals surface area contributed by atoms with E-state index in [1.54, 1.807) is 0 Å². The molecule has 1 aromatic rings. The van der Waals surface area contributed by atoms with Gasteiger partial charge in [-0.05, 0) is 5.16 Å². The van der Waals surface area contributed by atoms with Gasteiger partial charge >= 0.3 is 0 Å². The van der Waals surface area contributed by atoms with Gasteiger partial charge in [-0.25, -0.2) is 0 Å². The molecule has 3 nitrogen and oxygen atoms in total. The second-order valence-electron chi connectivity index (χ2n) is 1.24. The lowest BCUT2D eigenvalue weighted by Gasteiger charge is -1.97. The van der Waals surface area contributed by atoms with E-state index < -0.39 is 0 Å². The monoisotopic (exact) mass is 127 g/mol. The van der Waals surface area contributed by atoms with Crippen molar-refractivity contribution in [2.24, 2.45) is 0 Å². The zero-order valence-electron chi connectivity index (χ0n) is 3.92. The fourth-order valence-electron chi connectivity index (χ4n) is 0.352. The topological polar surface area (TPSA) is 45.8 Å². The van der Waals surface area contributed by atoms with E-state index in [-0.39, 0.29) is 10.7 Å². The highest BCUT2D eigenvalue weighted by Crippen LogP contribution is 1.74. The van der Waals surface area contributed by atoms with Crippen LogP contribution in [0.4, 0.5) is 0 Å². The number of hydrogen-bond acceptors (Lipinski definition) is 3. The van der Waals surface area contributed by atoms with Gasteiger partial charge in [-0.3, -0.25) is 9.78 Å². The molecule has 0 aromatic carbocycles. The van der Waals surface area contributed by atoms with E-state index in [2.05, 4.69) is 22.6 Å². The molecule has 4 heteroatoms. The molecule has 1 rings (SSSR count). The van der Waals surface area contributed by atoms with E-state index in [0.717, 1.165) is 0 Å². The Morgan fingerprint density at radius 3 is 2.88 bits per heavy atom. The van der Waals surface area contributed by atoms with E-state index in [9.17, 15) is 4.79 Å². The van der Waals surface area contributed by atoms with Crippen LogP contribution in [0.1, 0.15) is 0 Å². The van der Waals surface area contributed by atoms with Gasteiger partial charge in [0.1, 0.15) is 0 Å².